The highest BCUT2D eigenvalue weighted by atomic mass is 16.5. The molecule has 16 heavy (non-hydrogen) atoms. The van der Waals surface area contributed by atoms with Crippen LogP contribution in [0.5, 0.6) is 0 Å². The van der Waals surface area contributed by atoms with Crippen LogP contribution in [-0.4, -0.2) is 16.7 Å². The van der Waals surface area contributed by atoms with E-state index < -0.39 is 0 Å². The van der Waals surface area contributed by atoms with Crippen molar-refractivity contribution in [3.8, 4) is 0 Å². The normalized spacial score (nSPS) is 18.6. The third kappa shape index (κ3) is 3.04. The quantitative estimate of drug-likeness (QED) is 0.796. The molecule has 1 aromatic heterocycles. The van der Waals surface area contributed by atoms with Crippen molar-refractivity contribution in [2.24, 2.45) is 5.73 Å². The van der Waals surface area contributed by atoms with Crippen LogP contribution in [0.2, 0.25) is 0 Å². The number of hydrogen-bond acceptors (Lipinski definition) is 4. The number of rotatable bonds is 4. The molecule has 4 heteroatoms. The Hall–Kier alpha value is -0.900. The molecular formula is C12H21N3O. The molecule has 0 unspecified atom stereocenters. The van der Waals surface area contributed by atoms with E-state index in [2.05, 4.69) is 10.1 Å². The lowest BCUT2D eigenvalue weighted by Gasteiger charge is -2.07. The van der Waals surface area contributed by atoms with Crippen LogP contribution in [0.1, 0.15) is 62.6 Å². The van der Waals surface area contributed by atoms with Gasteiger partial charge in [-0.1, -0.05) is 30.8 Å². The van der Waals surface area contributed by atoms with Gasteiger partial charge < -0.3 is 10.3 Å². The fourth-order valence-corrected chi connectivity index (χ4v) is 2.33. The van der Waals surface area contributed by atoms with E-state index in [1.54, 1.807) is 0 Å². The van der Waals surface area contributed by atoms with Gasteiger partial charge in [0.05, 0.1) is 0 Å². The van der Waals surface area contributed by atoms with Crippen molar-refractivity contribution in [2.75, 3.05) is 6.54 Å². The van der Waals surface area contributed by atoms with Gasteiger partial charge in [-0.05, 0) is 25.8 Å². The smallest absolute Gasteiger partial charge is 0.226 e. The summed E-state index contributed by atoms with van der Waals surface area (Å²) in [6.07, 6.45) is 9.49. The van der Waals surface area contributed by atoms with Gasteiger partial charge in [0, 0.05) is 12.3 Å². The van der Waals surface area contributed by atoms with Crippen molar-refractivity contribution in [2.45, 2.75) is 57.3 Å². The molecule has 0 saturated heterocycles. The van der Waals surface area contributed by atoms with Crippen LogP contribution in [0.4, 0.5) is 0 Å². The second-order valence-corrected chi connectivity index (χ2v) is 4.63. The van der Waals surface area contributed by atoms with Gasteiger partial charge in [0.15, 0.2) is 5.82 Å². The van der Waals surface area contributed by atoms with Crippen LogP contribution in [0.15, 0.2) is 4.52 Å². The van der Waals surface area contributed by atoms with E-state index in [1.165, 1.54) is 38.5 Å². The molecule has 1 aromatic rings. The molecule has 0 spiro atoms. The van der Waals surface area contributed by atoms with Crippen LogP contribution in [0.25, 0.3) is 0 Å². The highest BCUT2D eigenvalue weighted by Gasteiger charge is 2.19. The molecule has 0 aromatic carbocycles. The van der Waals surface area contributed by atoms with Crippen molar-refractivity contribution in [3.63, 3.8) is 0 Å². The first-order valence-corrected chi connectivity index (χ1v) is 6.42. The van der Waals surface area contributed by atoms with Crippen molar-refractivity contribution in [1.82, 2.24) is 10.1 Å². The SMILES string of the molecule is NCCCc1nc(C2CCCCCC2)no1. The van der Waals surface area contributed by atoms with E-state index in [0.29, 0.717) is 12.5 Å². The first-order chi connectivity index (χ1) is 7.90. The van der Waals surface area contributed by atoms with Crippen LogP contribution < -0.4 is 5.73 Å². The maximum Gasteiger partial charge on any atom is 0.226 e. The Morgan fingerprint density at radius 3 is 2.62 bits per heavy atom. The number of aromatic nitrogens is 2. The Balaban J connectivity index is 1.94. The minimum Gasteiger partial charge on any atom is -0.339 e. The Bertz CT molecular complexity index is 303. The standard InChI is InChI=1S/C12H21N3O/c13-9-5-8-11-14-12(15-16-11)10-6-3-1-2-4-7-10/h10H,1-9,13H2. The zero-order valence-corrected chi connectivity index (χ0v) is 9.82. The van der Waals surface area contributed by atoms with Gasteiger partial charge in [-0.2, -0.15) is 4.98 Å². The van der Waals surface area contributed by atoms with Crippen LogP contribution in [0, 0.1) is 0 Å². The summed E-state index contributed by atoms with van der Waals surface area (Å²) in [6, 6.07) is 0. The van der Waals surface area contributed by atoms with Crippen molar-refractivity contribution >= 4 is 0 Å². The highest BCUT2D eigenvalue weighted by molar-refractivity contribution is 4.96. The summed E-state index contributed by atoms with van der Waals surface area (Å²) in [7, 11) is 0. The van der Waals surface area contributed by atoms with Gasteiger partial charge in [-0.25, -0.2) is 0 Å². The predicted molar refractivity (Wildman–Crippen MR) is 62.1 cm³/mol. The number of nitrogens with two attached hydrogens (primary N) is 1. The fraction of sp³-hybridized carbons (Fsp3) is 0.833. The van der Waals surface area contributed by atoms with E-state index >= 15 is 0 Å². The summed E-state index contributed by atoms with van der Waals surface area (Å²) in [5.74, 6) is 2.21. The maximum atomic E-state index is 5.46. The first kappa shape index (κ1) is 11.6. The summed E-state index contributed by atoms with van der Waals surface area (Å²) >= 11 is 0. The monoisotopic (exact) mass is 223 g/mol. The molecular weight excluding hydrogens is 202 g/mol. The number of nitrogens with zero attached hydrogens (tertiary/aromatic N) is 2. The number of aryl methyl sites for hydroxylation is 1. The van der Waals surface area contributed by atoms with Gasteiger partial charge in [-0.3, -0.25) is 0 Å². The lowest BCUT2D eigenvalue weighted by atomic mass is 10.00. The Kier molecular flexibility index (Phi) is 4.34. The molecule has 1 saturated carbocycles. The topological polar surface area (TPSA) is 64.9 Å². The first-order valence-electron chi connectivity index (χ1n) is 6.42. The third-order valence-corrected chi connectivity index (χ3v) is 3.30. The minimum absolute atomic E-state index is 0.526. The Labute approximate surface area is 96.6 Å². The average Bonchev–Trinajstić information content (AvgIpc) is 2.60. The predicted octanol–water partition coefficient (Wildman–Crippen LogP) is 2.40. The average molecular weight is 223 g/mol. The molecule has 1 fully saturated rings. The van der Waals surface area contributed by atoms with Crippen LogP contribution in [0.3, 0.4) is 0 Å². The zero-order valence-electron chi connectivity index (χ0n) is 9.82. The lowest BCUT2D eigenvalue weighted by molar-refractivity contribution is 0.365. The van der Waals surface area contributed by atoms with Gasteiger partial charge in [0.25, 0.3) is 0 Å². The van der Waals surface area contributed by atoms with Crippen LogP contribution in [-0.2, 0) is 6.42 Å². The molecule has 1 aliphatic carbocycles. The summed E-state index contributed by atoms with van der Waals surface area (Å²) < 4.78 is 5.24. The van der Waals surface area contributed by atoms with Crippen molar-refractivity contribution < 1.29 is 4.52 Å². The summed E-state index contributed by atoms with van der Waals surface area (Å²) in [5, 5.41) is 4.11. The molecule has 4 nitrogen and oxygen atoms in total. The van der Waals surface area contributed by atoms with E-state index in [1.807, 2.05) is 0 Å². The summed E-state index contributed by atoms with van der Waals surface area (Å²) in [5.41, 5.74) is 5.46. The van der Waals surface area contributed by atoms with E-state index in [9.17, 15) is 0 Å². The van der Waals surface area contributed by atoms with Gasteiger partial charge in [0.2, 0.25) is 5.89 Å². The van der Waals surface area contributed by atoms with Crippen LogP contribution >= 0.6 is 0 Å². The van der Waals surface area contributed by atoms with Crippen molar-refractivity contribution in [1.29, 1.82) is 0 Å². The molecule has 0 bridgehead atoms. The molecule has 2 N–H and O–H groups in total. The zero-order chi connectivity index (χ0) is 11.2. The molecule has 1 aliphatic rings. The van der Waals surface area contributed by atoms with Crippen molar-refractivity contribution in [3.05, 3.63) is 11.7 Å². The van der Waals surface area contributed by atoms with Gasteiger partial charge in [0.1, 0.15) is 0 Å². The van der Waals surface area contributed by atoms with E-state index in [-0.39, 0.29) is 0 Å². The van der Waals surface area contributed by atoms with Gasteiger partial charge in [-0.15, -0.1) is 0 Å². The Morgan fingerprint density at radius 2 is 1.94 bits per heavy atom. The fourth-order valence-electron chi connectivity index (χ4n) is 2.33. The molecule has 90 valence electrons. The van der Waals surface area contributed by atoms with E-state index in [4.69, 9.17) is 10.3 Å². The molecule has 1 heterocycles. The molecule has 0 atom stereocenters. The second-order valence-electron chi connectivity index (χ2n) is 4.63. The molecule has 0 amide bonds. The van der Waals surface area contributed by atoms with E-state index in [0.717, 1.165) is 24.6 Å². The second kappa shape index (κ2) is 5.99. The molecule has 0 radical (unpaired) electrons. The third-order valence-electron chi connectivity index (χ3n) is 3.30. The largest absolute Gasteiger partial charge is 0.339 e. The number of hydrogen-bond donors (Lipinski definition) is 1. The maximum absolute atomic E-state index is 5.46. The summed E-state index contributed by atoms with van der Waals surface area (Å²) in [6.45, 7) is 0.682. The summed E-state index contributed by atoms with van der Waals surface area (Å²) in [4.78, 5) is 4.48. The Morgan fingerprint density at radius 1 is 1.19 bits per heavy atom. The molecule has 2 rings (SSSR count). The lowest BCUT2D eigenvalue weighted by Crippen LogP contribution is -2.02. The van der Waals surface area contributed by atoms with Gasteiger partial charge >= 0.3 is 0 Å². The molecule has 0 aliphatic heterocycles. The minimum atomic E-state index is 0.526. The highest BCUT2D eigenvalue weighted by Crippen LogP contribution is 2.29.